The largest absolute Gasteiger partial charge is 0.345 e. The molecule has 1 N–H and O–H groups in total. The molecule has 5 nitrogen and oxygen atoms in total. The Morgan fingerprint density at radius 1 is 1.17 bits per heavy atom. The molecule has 1 saturated heterocycles. The number of piperazine rings is 1. The van der Waals surface area contributed by atoms with Crippen LogP contribution < -0.4 is 10.2 Å². The SMILES string of the molecule is Cc1nc(N2CCN(C(=O)NCc3ccccc3)CC2)sc1C. The predicted molar refractivity (Wildman–Crippen MR) is 94.1 cm³/mol. The number of aromatic nitrogens is 1. The molecule has 0 bridgehead atoms. The van der Waals surface area contributed by atoms with E-state index in [1.165, 1.54) is 4.88 Å². The molecule has 0 saturated carbocycles. The number of nitrogens with one attached hydrogen (secondary N) is 1. The van der Waals surface area contributed by atoms with Gasteiger partial charge in [0.2, 0.25) is 0 Å². The van der Waals surface area contributed by atoms with Crippen molar-refractivity contribution in [3.05, 3.63) is 46.5 Å². The molecule has 3 rings (SSSR count). The first-order valence-corrected chi connectivity index (χ1v) is 8.71. The van der Waals surface area contributed by atoms with Gasteiger partial charge in [0.25, 0.3) is 0 Å². The van der Waals surface area contributed by atoms with Gasteiger partial charge in [0.05, 0.1) is 5.69 Å². The maximum atomic E-state index is 12.3. The summed E-state index contributed by atoms with van der Waals surface area (Å²) in [6.07, 6.45) is 0. The van der Waals surface area contributed by atoms with E-state index in [2.05, 4.69) is 22.1 Å². The number of carbonyl (C=O) groups excluding carboxylic acids is 1. The van der Waals surface area contributed by atoms with Gasteiger partial charge in [0.1, 0.15) is 0 Å². The van der Waals surface area contributed by atoms with Gasteiger partial charge in [-0.2, -0.15) is 0 Å². The smallest absolute Gasteiger partial charge is 0.317 e. The fourth-order valence-electron chi connectivity index (χ4n) is 2.58. The highest BCUT2D eigenvalue weighted by Gasteiger charge is 2.22. The molecule has 1 fully saturated rings. The number of hydrogen-bond donors (Lipinski definition) is 1. The third-order valence-electron chi connectivity index (χ3n) is 4.14. The lowest BCUT2D eigenvalue weighted by atomic mass is 10.2. The molecule has 1 aromatic carbocycles. The van der Waals surface area contributed by atoms with Crippen LogP contribution in [0.4, 0.5) is 9.93 Å². The monoisotopic (exact) mass is 330 g/mol. The zero-order valence-electron chi connectivity index (χ0n) is 13.6. The van der Waals surface area contributed by atoms with Gasteiger partial charge in [-0.25, -0.2) is 9.78 Å². The molecule has 23 heavy (non-hydrogen) atoms. The lowest BCUT2D eigenvalue weighted by Crippen LogP contribution is -2.51. The molecule has 2 heterocycles. The van der Waals surface area contributed by atoms with Gasteiger partial charge in [-0.1, -0.05) is 30.3 Å². The van der Waals surface area contributed by atoms with Crippen LogP contribution in [0, 0.1) is 13.8 Å². The van der Waals surface area contributed by atoms with Crippen molar-refractivity contribution >= 4 is 22.5 Å². The van der Waals surface area contributed by atoms with E-state index in [1.807, 2.05) is 42.2 Å². The van der Waals surface area contributed by atoms with Crippen LogP contribution >= 0.6 is 11.3 Å². The lowest BCUT2D eigenvalue weighted by Gasteiger charge is -2.34. The number of rotatable bonds is 3. The maximum absolute atomic E-state index is 12.3. The zero-order chi connectivity index (χ0) is 16.2. The topological polar surface area (TPSA) is 48.5 Å². The third kappa shape index (κ3) is 3.82. The minimum Gasteiger partial charge on any atom is -0.345 e. The van der Waals surface area contributed by atoms with Crippen LogP contribution in [-0.2, 0) is 6.54 Å². The number of nitrogens with zero attached hydrogens (tertiary/aromatic N) is 3. The van der Waals surface area contributed by atoms with E-state index < -0.39 is 0 Å². The second-order valence-electron chi connectivity index (χ2n) is 5.76. The second kappa shape index (κ2) is 7.00. The van der Waals surface area contributed by atoms with Crippen molar-refractivity contribution < 1.29 is 4.79 Å². The van der Waals surface area contributed by atoms with Crippen LogP contribution in [0.15, 0.2) is 30.3 Å². The molecule has 0 atom stereocenters. The predicted octanol–water partition coefficient (Wildman–Crippen LogP) is 2.79. The molecule has 6 heteroatoms. The summed E-state index contributed by atoms with van der Waals surface area (Å²) in [7, 11) is 0. The molecule has 0 spiro atoms. The summed E-state index contributed by atoms with van der Waals surface area (Å²) in [6.45, 7) is 7.87. The normalized spacial score (nSPS) is 14.9. The summed E-state index contributed by atoms with van der Waals surface area (Å²) in [5.41, 5.74) is 2.22. The first kappa shape index (κ1) is 15.8. The Kier molecular flexibility index (Phi) is 4.81. The Morgan fingerprint density at radius 2 is 1.87 bits per heavy atom. The second-order valence-corrected chi connectivity index (χ2v) is 6.94. The van der Waals surface area contributed by atoms with Crippen LogP contribution in [0.25, 0.3) is 0 Å². The summed E-state index contributed by atoms with van der Waals surface area (Å²) in [6, 6.07) is 10.00. The van der Waals surface area contributed by atoms with Crippen LogP contribution in [0.1, 0.15) is 16.1 Å². The standard InChI is InChI=1S/C17H22N4OS/c1-13-14(2)23-17(19-13)21-10-8-20(9-11-21)16(22)18-12-15-6-4-3-5-7-15/h3-7H,8-12H2,1-2H3,(H,18,22). The molecular weight excluding hydrogens is 308 g/mol. The van der Waals surface area contributed by atoms with Gasteiger partial charge >= 0.3 is 6.03 Å². The Balaban J connectivity index is 1.49. The summed E-state index contributed by atoms with van der Waals surface area (Å²) in [5.74, 6) is 0. The first-order valence-electron chi connectivity index (χ1n) is 7.89. The summed E-state index contributed by atoms with van der Waals surface area (Å²) >= 11 is 1.73. The molecule has 122 valence electrons. The number of thiazole rings is 1. The minimum atomic E-state index is 0.0139. The van der Waals surface area contributed by atoms with E-state index in [1.54, 1.807) is 11.3 Å². The molecule has 1 aliphatic rings. The van der Waals surface area contributed by atoms with Crippen LogP contribution in [0.5, 0.6) is 0 Å². The highest BCUT2D eigenvalue weighted by atomic mass is 32.1. The van der Waals surface area contributed by atoms with E-state index in [-0.39, 0.29) is 6.03 Å². The number of carbonyl (C=O) groups is 1. The minimum absolute atomic E-state index is 0.0139. The van der Waals surface area contributed by atoms with E-state index in [0.717, 1.165) is 42.6 Å². The Labute approximate surface area is 140 Å². The van der Waals surface area contributed by atoms with Gasteiger partial charge < -0.3 is 15.1 Å². The Hall–Kier alpha value is -2.08. The van der Waals surface area contributed by atoms with Crippen LogP contribution in [0.3, 0.4) is 0 Å². The number of benzene rings is 1. The maximum Gasteiger partial charge on any atom is 0.317 e. The number of anilines is 1. The fourth-order valence-corrected chi connectivity index (χ4v) is 3.54. The molecule has 0 unspecified atom stereocenters. The highest BCUT2D eigenvalue weighted by molar-refractivity contribution is 7.15. The van der Waals surface area contributed by atoms with E-state index >= 15 is 0 Å². The lowest BCUT2D eigenvalue weighted by molar-refractivity contribution is 0.194. The van der Waals surface area contributed by atoms with Crippen molar-refractivity contribution in [2.24, 2.45) is 0 Å². The molecule has 1 aliphatic heterocycles. The summed E-state index contributed by atoms with van der Waals surface area (Å²) in [4.78, 5) is 22.3. The van der Waals surface area contributed by atoms with Gasteiger partial charge in [0, 0.05) is 37.6 Å². The number of aryl methyl sites for hydroxylation is 2. The molecule has 2 aromatic rings. The Bertz CT molecular complexity index is 643. The number of amides is 2. The van der Waals surface area contributed by atoms with Crippen LogP contribution in [0.2, 0.25) is 0 Å². The van der Waals surface area contributed by atoms with Crippen molar-refractivity contribution in [3.63, 3.8) is 0 Å². The molecule has 1 aromatic heterocycles. The van der Waals surface area contributed by atoms with Gasteiger partial charge in [0.15, 0.2) is 5.13 Å². The number of hydrogen-bond acceptors (Lipinski definition) is 4. The highest BCUT2D eigenvalue weighted by Crippen LogP contribution is 2.25. The third-order valence-corrected chi connectivity index (χ3v) is 5.27. The van der Waals surface area contributed by atoms with Crippen LogP contribution in [-0.4, -0.2) is 42.1 Å². The summed E-state index contributed by atoms with van der Waals surface area (Å²) < 4.78 is 0. The van der Waals surface area contributed by atoms with Gasteiger partial charge in [-0.05, 0) is 19.4 Å². The van der Waals surface area contributed by atoms with Crippen molar-refractivity contribution in [2.75, 3.05) is 31.1 Å². The Morgan fingerprint density at radius 3 is 2.48 bits per heavy atom. The van der Waals surface area contributed by atoms with Crippen molar-refractivity contribution in [1.82, 2.24) is 15.2 Å². The molecule has 2 amide bonds. The van der Waals surface area contributed by atoms with Gasteiger partial charge in [-0.3, -0.25) is 0 Å². The fraction of sp³-hybridized carbons (Fsp3) is 0.412. The molecular formula is C17H22N4OS. The van der Waals surface area contributed by atoms with E-state index in [4.69, 9.17) is 0 Å². The zero-order valence-corrected chi connectivity index (χ0v) is 14.4. The average molecular weight is 330 g/mol. The van der Waals surface area contributed by atoms with Gasteiger partial charge in [-0.15, -0.1) is 11.3 Å². The first-order chi connectivity index (χ1) is 11.1. The quantitative estimate of drug-likeness (QED) is 0.941. The van der Waals surface area contributed by atoms with E-state index in [9.17, 15) is 4.79 Å². The summed E-state index contributed by atoms with van der Waals surface area (Å²) in [5, 5.41) is 4.07. The van der Waals surface area contributed by atoms with Crippen molar-refractivity contribution in [1.29, 1.82) is 0 Å². The molecule has 0 radical (unpaired) electrons. The van der Waals surface area contributed by atoms with Crippen molar-refractivity contribution in [3.8, 4) is 0 Å². The molecule has 0 aliphatic carbocycles. The number of urea groups is 1. The van der Waals surface area contributed by atoms with Crippen molar-refractivity contribution in [2.45, 2.75) is 20.4 Å². The average Bonchev–Trinajstić information content (AvgIpc) is 2.93. The van der Waals surface area contributed by atoms with E-state index in [0.29, 0.717) is 6.54 Å².